The minimum absolute atomic E-state index is 0.113. The summed E-state index contributed by atoms with van der Waals surface area (Å²) in [6.45, 7) is 4.97. The quantitative estimate of drug-likeness (QED) is 0.384. The molecule has 2 aromatic carbocycles. The van der Waals surface area contributed by atoms with E-state index in [-0.39, 0.29) is 27.9 Å². The molecule has 1 fully saturated rings. The van der Waals surface area contributed by atoms with Gasteiger partial charge in [0.05, 0.1) is 22.5 Å². The zero-order valence-electron chi connectivity index (χ0n) is 18.5. The fraction of sp³-hybridized carbons (Fsp3) is 0.364. The molecule has 3 rings (SSSR count). The fourth-order valence-corrected chi connectivity index (χ4v) is 5.63. The Bertz CT molecular complexity index is 1170. The Morgan fingerprint density at radius 1 is 1.06 bits per heavy atom. The van der Waals surface area contributed by atoms with E-state index >= 15 is 0 Å². The van der Waals surface area contributed by atoms with Crippen molar-refractivity contribution in [3.63, 3.8) is 0 Å². The molecular weight excluding hydrogens is 450 g/mol. The Morgan fingerprint density at radius 2 is 1.64 bits per heavy atom. The van der Waals surface area contributed by atoms with Crippen LogP contribution in [-0.4, -0.2) is 49.7 Å². The Kier molecular flexibility index (Phi) is 7.13. The molecule has 2 aromatic rings. The third-order valence-electron chi connectivity index (χ3n) is 5.40. The minimum Gasteiger partial charge on any atom is -0.465 e. The number of nitrogens with zero attached hydrogens (tertiary/aromatic N) is 2. The molecule has 11 heteroatoms. The number of nitrogens with one attached hydrogen (secondary N) is 1. The van der Waals surface area contributed by atoms with Gasteiger partial charge >= 0.3 is 5.97 Å². The third-order valence-corrected chi connectivity index (χ3v) is 7.24. The van der Waals surface area contributed by atoms with Gasteiger partial charge < -0.3 is 10.1 Å². The monoisotopic (exact) mass is 475 g/mol. The average Bonchev–Trinajstić information content (AvgIpc) is 2.77. The number of carbonyl (C=O) groups is 2. The van der Waals surface area contributed by atoms with Crippen LogP contribution in [0.2, 0.25) is 0 Å². The van der Waals surface area contributed by atoms with Crippen molar-refractivity contribution in [3.8, 4) is 0 Å². The van der Waals surface area contributed by atoms with Crippen molar-refractivity contribution < 1.29 is 27.7 Å². The highest BCUT2D eigenvalue weighted by Crippen LogP contribution is 2.27. The molecule has 1 aliphatic rings. The van der Waals surface area contributed by atoms with Crippen LogP contribution in [-0.2, 0) is 14.8 Å². The molecule has 1 saturated heterocycles. The molecule has 176 valence electrons. The zero-order chi connectivity index (χ0) is 24.3. The van der Waals surface area contributed by atoms with Crippen molar-refractivity contribution in [2.75, 3.05) is 25.5 Å². The summed E-state index contributed by atoms with van der Waals surface area (Å²) in [5.74, 6) is -0.972. The molecular formula is C22H25N3O7S. The number of non-ortho nitro benzene ring substituents is 1. The van der Waals surface area contributed by atoms with Gasteiger partial charge in [-0.1, -0.05) is 13.8 Å². The highest BCUT2D eigenvalue weighted by atomic mass is 32.2. The van der Waals surface area contributed by atoms with Crippen molar-refractivity contribution in [3.05, 3.63) is 63.7 Å². The zero-order valence-corrected chi connectivity index (χ0v) is 19.3. The Labute approximate surface area is 191 Å². The molecule has 2 atom stereocenters. The highest BCUT2D eigenvalue weighted by molar-refractivity contribution is 7.89. The van der Waals surface area contributed by atoms with Gasteiger partial charge in [-0.3, -0.25) is 14.9 Å². The molecule has 0 aliphatic carbocycles. The van der Waals surface area contributed by atoms with Crippen LogP contribution in [0.4, 0.5) is 11.4 Å². The van der Waals surface area contributed by atoms with Crippen LogP contribution >= 0.6 is 0 Å². The first-order chi connectivity index (χ1) is 15.5. The van der Waals surface area contributed by atoms with E-state index in [9.17, 15) is 28.1 Å². The first-order valence-electron chi connectivity index (χ1n) is 10.3. The lowest BCUT2D eigenvalue weighted by Crippen LogP contribution is -2.42. The van der Waals surface area contributed by atoms with Crippen LogP contribution in [0.15, 0.2) is 47.4 Å². The van der Waals surface area contributed by atoms with E-state index in [1.807, 2.05) is 13.8 Å². The number of hydrogen-bond donors (Lipinski definition) is 1. The highest BCUT2D eigenvalue weighted by Gasteiger charge is 2.31. The topological polar surface area (TPSA) is 136 Å². The van der Waals surface area contributed by atoms with Gasteiger partial charge in [0.25, 0.3) is 11.6 Å². The number of rotatable bonds is 6. The number of anilines is 1. The SMILES string of the molecule is COC(=O)c1cc(C(=O)Nc2ccc(S(=O)(=O)N3CC(C)CC(C)C3)cc2)cc([N+](=O)[O-])c1. The maximum Gasteiger partial charge on any atom is 0.338 e. The molecule has 0 aromatic heterocycles. The molecule has 0 bridgehead atoms. The van der Waals surface area contributed by atoms with E-state index in [0.29, 0.717) is 18.8 Å². The van der Waals surface area contributed by atoms with Crippen molar-refractivity contribution in [2.45, 2.75) is 25.2 Å². The normalized spacial score (nSPS) is 19.0. The fourth-order valence-electron chi connectivity index (χ4n) is 3.95. The number of sulfonamides is 1. The van der Waals surface area contributed by atoms with Crippen LogP contribution < -0.4 is 5.32 Å². The van der Waals surface area contributed by atoms with Gasteiger partial charge in [0.1, 0.15) is 0 Å². The molecule has 1 amide bonds. The summed E-state index contributed by atoms with van der Waals surface area (Å²) in [7, 11) is -2.54. The largest absolute Gasteiger partial charge is 0.465 e. The first kappa shape index (κ1) is 24.3. The smallest absolute Gasteiger partial charge is 0.338 e. The second-order valence-corrected chi connectivity index (χ2v) is 10.2. The van der Waals surface area contributed by atoms with Gasteiger partial charge in [0.2, 0.25) is 10.0 Å². The van der Waals surface area contributed by atoms with Crippen LogP contribution in [0.25, 0.3) is 0 Å². The number of nitro benzene ring substituents is 1. The second kappa shape index (κ2) is 9.67. The van der Waals surface area contributed by atoms with Crippen molar-refractivity contribution in [2.24, 2.45) is 11.8 Å². The molecule has 0 radical (unpaired) electrons. The van der Waals surface area contributed by atoms with E-state index in [0.717, 1.165) is 25.7 Å². The lowest BCUT2D eigenvalue weighted by Gasteiger charge is -2.34. The van der Waals surface area contributed by atoms with Crippen LogP contribution in [0.1, 0.15) is 41.0 Å². The van der Waals surface area contributed by atoms with Gasteiger partial charge in [0, 0.05) is 36.5 Å². The number of hydrogen-bond acceptors (Lipinski definition) is 7. The molecule has 2 unspecified atom stereocenters. The third kappa shape index (κ3) is 5.55. The number of amides is 1. The van der Waals surface area contributed by atoms with Gasteiger partial charge in [-0.15, -0.1) is 0 Å². The maximum atomic E-state index is 13.0. The Morgan fingerprint density at radius 3 is 2.18 bits per heavy atom. The molecule has 0 saturated carbocycles. The van der Waals surface area contributed by atoms with Crippen LogP contribution in [0.5, 0.6) is 0 Å². The molecule has 1 N–H and O–H groups in total. The van der Waals surface area contributed by atoms with E-state index in [1.165, 1.54) is 34.6 Å². The van der Waals surface area contributed by atoms with Gasteiger partial charge in [-0.2, -0.15) is 4.31 Å². The molecule has 33 heavy (non-hydrogen) atoms. The standard InChI is InChI=1S/C22H25N3O7S/c1-14-8-15(2)13-24(12-14)33(30,31)20-6-4-18(5-7-20)23-21(26)16-9-17(22(27)32-3)11-19(10-16)25(28)29/h4-7,9-11,14-15H,8,12-13H2,1-3H3,(H,23,26). The van der Waals surface area contributed by atoms with E-state index in [4.69, 9.17) is 0 Å². The summed E-state index contributed by atoms with van der Waals surface area (Å²) in [6, 6.07) is 8.94. The van der Waals surface area contributed by atoms with Crippen LogP contribution in [0, 0.1) is 22.0 Å². The summed E-state index contributed by atoms with van der Waals surface area (Å²) >= 11 is 0. The van der Waals surface area contributed by atoms with E-state index in [2.05, 4.69) is 10.1 Å². The summed E-state index contributed by atoms with van der Waals surface area (Å²) in [5, 5.41) is 13.7. The van der Waals surface area contributed by atoms with Gasteiger partial charge in [-0.25, -0.2) is 13.2 Å². The Hall–Kier alpha value is -3.31. The number of ether oxygens (including phenoxy) is 1. The van der Waals surface area contributed by atoms with Gasteiger partial charge in [0.15, 0.2) is 0 Å². The Balaban J connectivity index is 1.80. The minimum atomic E-state index is -3.66. The summed E-state index contributed by atoms with van der Waals surface area (Å²) in [4.78, 5) is 35.0. The lowest BCUT2D eigenvalue weighted by atomic mass is 9.94. The molecule has 1 heterocycles. The first-order valence-corrected chi connectivity index (χ1v) is 11.7. The van der Waals surface area contributed by atoms with Crippen molar-refractivity contribution >= 4 is 33.3 Å². The molecule has 10 nitrogen and oxygen atoms in total. The van der Waals surface area contributed by atoms with Crippen LogP contribution in [0.3, 0.4) is 0 Å². The van der Waals surface area contributed by atoms with E-state index in [1.54, 1.807) is 0 Å². The molecule has 0 spiro atoms. The number of carbonyl (C=O) groups excluding carboxylic acids is 2. The van der Waals surface area contributed by atoms with Gasteiger partial charge in [-0.05, 0) is 48.6 Å². The predicted molar refractivity (Wildman–Crippen MR) is 121 cm³/mol. The summed E-state index contributed by atoms with van der Waals surface area (Å²) in [5.41, 5.74) is -0.388. The van der Waals surface area contributed by atoms with Crippen molar-refractivity contribution in [1.82, 2.24) is 4.31 Å². The maximum absolute atomic E-state index is 13.0. The number of nitro groups is 1. The van der Waals surface area contributed by atoms with E-state index < -0.39 is 32.5 Å². The average molecular weight is 476 g/mol. The number of esters is 1. The predicted octanol–water partition coefficient (Wildman–Crippen LogP) is 3.30. The second-order valence-electron chi connectivity index (χ2n) is 8.26. The number of methoxy groups -OCH3 is 1. The summed E-state index contributed by atoms with van der Waals surface area (Å²) < 4.78 is 32.1. The summed E-state index contributed by atoms with van der Waals surface area (Å²) in [6.07, 6.45) is 0.979. The van der Waals surface area contributed by atoms with Crippen molar-refractivity contribution in [1.29, 1.82) is 0 Å². The molecule has 1 aliphatic heterocycles. The number of benzene rings is 2. The number of piperidine rings is 1. The lowest BCUT2D eigenvalue weighted by molar-refractivity contribution is -0.384.